The number of nitrogens with one attached hydrogen (secondary N) is 1. The van der Waals surface area contributed by atoms with E-state index >= 15 is 0 Å². The van der Waals surface area contributed by atoms with Crippen LogP contribution in [0.1, 0.15) is 50.5 Å². The average molecular weight is 353 g/mol. The third kappa shape index (κ3) is 2.92. The molecule has 1 aromatic carbocycles. The molecule has 3 amide bonds. The highest BCUT2D eigenvalue weighted by molar-refractivity contribution is 6.07. The predicted octanol–water partition coefficient (Wildman–Crippen LogP) is 2.21. The monoisotopic (exact) mass is 353 g/mol. The Bertz CT molecular complexity index is 921. The smallest absolute Gasteiger partial charge is 0.325 e. The molecule has 26 heavy (non-hydrogen) atoms. The van der Waals surface area contributed by atoms with Gasteiger partial charge in [0, 0.05) is 5.41 Å². The molecule has 2 heterocycles. The van der Waals surface area contributed by atoms with Crippen LogP contribution < -0.4 is 5.32 Å². The summed E-state index contributed by atoms with van der Waals surface area (Å²) < 4.78 is 5.18. The molecule has 0 bridgehead atoms. The lowest BCUT2D eigenvalue weighted by Crippen LogP contribution is -2.40. The van der Waals surface area contributed by atoms with Gasteiger partial charge in [0.25, 0.3) is 5.91 Å². The van der Waals surface area contributed by atoms with Gasteiger partial charge in [-0.3, -0.25) is 9.69 Å². The van der Waals surface area contributed by atoms with Crippen LogP contribution in [0, 0.1) is 11.3 Å². The maximum Gasteiger partial charge on any atom is 0.325 e. The Morgan fingerprint density at radius 2 is 2.08 bits per heavy atom. The molecule has 0 aliphatic carbocycles. The van der Waals surface area contributed by atoms with Gasteiger partial charge in [-0.1, -0.05) is 38.1 Å². The zero-order valence-corrected chi connectivity index (χ0v) is 15.0. The number of nitriles is 1. The predicted molar refractivity (Wildman–Crippen MR) is 90.6 cm³/mol. The molecule has 134 valence electrons. The molecule has 8 nitrogen and oxygen atoms in total. The normalized spacial score (nSPS) is 20.2. The number of rotatable bonds is 3. The van der Waals surface area contributed by atoms with Crippen LogP contribution in [0.4, 0.5) is 4.79 Å². The van der Waals surface area contributed by atoms with E-state index in [-0.39, 0.29) is 17.9 Å². The van der Waals surface area contributed by atoms with E-state index in [4.69, 9.17) is 9.78 Å². The van der Waals surface area contributed by atoms with E-state index < -0.39 is 17.5 Å². The summed E-state index contributed by atoms with van der Waals surface area (Å²) in [5, 5.41) is 15.7. The number of carbonyl (C=O) groups is 2. The molecule has 8 heteroatoms. The van der Waals surface area contributed by atoms with Gasteiger partial charge in [-0.15, -0.1) is 0 Å². The topological polar surface area (TPSA) is 112 Å². The fraction of sp³-hybridized carbons (Fsp3) is 0.389. The molecule has 0 saturated carbocycles. The molecule has 0 spiro atoms. The first-order valence-corrected chi connectivity index (χ1v) is 8.13. The van der Waals surface area contributed by atoms with E-state index in [0.717, 1.165) is 4.90 Å². The maximum atomic E-state index is 12.9. The van der Waals surface area contributed by atoms with Crippen LogP contribution in [0.5, 0.6) is 0 Å². The Hall–Kier alpha value is -3.21. The van der Waals surface area contributed by atoms with Crippen LogP contribution in [0.25, 0.3) is 0 Å². The molecule has 3 rings (SSSR count). The largest absolute Gasteiger partial charge is 0.337 e. The van der Waals surface area contributed by atoms with Gasteiger partial charge >= 0.3 is 6.03 Å². The highest BCUT2D eigenvalue weighted by Crippen LogP contribution is 2.30. The highest BCUT2D eigenvalue weighted by atomic mass is 16.5. The zero-order chi connectivity index (χ0) is 19.1. The number of aromatic nitrogens is 2. The summed E-state index contributed by atoms with van der Waals surface area (Å²) in [6.45, 7) is 7.32. The minimum absolute atomic E-state index is 0.110. The molecule has 1 aromatic heterocycles. The Morgan fingerprint density at radius 1 is 1.35 bits per heavy atom. The molecular weight excluding hydrogens is 334 g/mol. The van der Waals surface area contributed by atoms with Crippen molar-refractivity contribution in [2.75, 3.05) is 0 Å². The summed E-state index contributed by atoms with van der Waals surface area (Å²) in [5.74, 6) is 0.255. The molecule has 1 unspecified atom stereocenters. The Labute approximate surface area is 150 Å². The number of urea groups is 1. The van der Waals surface area contributed by atoms with Crippen molar-refractivity contribution < 1.29 is 14.1 Å². The van der Waals surface area contributed by atoms with Crippen molar-refractivity contribution in [2.24, 2.45) is 0 Å². The fourth-order valence-electron chi connectivity index (χ4n) is 2.69. The fourth-order valence-corrected chi connectivity index (χ4v) is 2.69. The minimum Gasteiger partial charge on any atom is -0.337 e. The third-order valence-corrected chi connectivity index (χ3v) is 4.28. The quantitative estimate of drug-likeness (QED) is 0.847. The van der Waals surface area contributed by atoms with Gasteiger partial charge in [0.15, 0.2) is 5.82 Å². The molecule has 1 aliphatic heterocycles. The van der Waals surface area contributed by atoms with Crippen molar-refractivity contribution in [3.8, 4) is 6.07 Å². The van der Waals surface area contributed by atoms with Crippen LogP contribution in [0.3, 0.4) is 0 Å². The zero-order valence-electron chi connectivity index (χ0n) is 15.0. The number of carbonyl (C=O) groups excluding carboxylic acids is 2. The second kappa shape index (κ2) is 5.95. The van der Waals surface area contributed by atoms with Crippen molar-refractivity contribution in [3.63, 3.8) is 0 Å². The lowest BCUT2D eigenvalue weighted by atomic mass is 9.91. The van der Waals surface area contributed by atoms with Gasteiger partial charge in [0.1, 0.15) is 12.1 Å². The molecule has 1 fully saturated rings. The number of hydrogen-bond donors (Lipinski definition) is 1. The van der Waals surface area contributed by atoms with E-state index in [0.29, 0.717) is 17.0 Å². The molecule has 2 aromatic rings. The molecule has 1 atom stereocenters. The van der Waals surface area contributed by atoms with E-state index in [1.165, 1.54) is 0 Å². The molecule has 0 radical (unpaired) electrons. The van der Waals surface area contributed by atoms with E-state index in [9.17, 15) is 9.59 Å². The van der Waals surface area contributed by atoms with Crippen LogP contribution in [-0.4, -0.2) is 27.0 Å². The van der Waals surface area contributed by atoms with Crippen molar-refractivity contribution in [1.29, 1.82) is 5.26 Å². The number of nitrogens with zero attached hydrogens (tertiary/aromatic N) is 4. The summed E-state index contributed by atoms with van der Waals surface area (Å²) >= 11 is 0. The molecule has 1 N–H and O–H groups in total. The molecule has 1 saturated heterocycles. The van der Waals surface area contributed by atoms with E-state index in [1.54, 1.807) is 31.2 Å². The minimum atomic E-state index is -1.25. The van der Waals surface area contributed by atoms with E-state index in [1.807, 2.05) is 26.8 Å². The van der Waals surface area contributed by atoms with Crippen molar-refractivity contribution in [1.82, 2.24) is 20.4 Å². The van der Waals surface area contributed by atoms with Gasteiger partial charge in [-0.05, 0) is 24.6 Å². The van der Waals surface area contributed by atoms with Crippen LogP contribution in [0.15, 0.2) is 28.8 Å². The lowest BCUT2D eigenvalue weighted by Gasteiger charge is -2.22. The third-order valence-electron chi connectivity index (χ3n) is 4.28. The Balaban J connectivity index is 1.87. The molecule has 1 aliphatic rings. The number of hydrogen-bond acceptors (Lipinski definition) is 6. The maximum absolute atomic E-state index is 12.9. The van der Waals surface area contributed by atoms with Crippen molar-refractivity contribution >= 4 is 11.9 Å². The summed E-state index contributed by atoms with van der Waals surface area (Å²) in [7, 11) is 0. The second-order valence-electron chi connectivity index (χ2n) is 7.40. The molecular formula is C18H19N5O3. The van der Waals surface area contributed by atoms with Crippen molar-refractivity contribution in [3.05, 3.63) is 47.1 Å². The van der Waals surface area contributed by atoms with E-state index in [2.05, 4.69) is 15.5 Å². The Kier molecular flexibility index (Phi) is 4.03. The Morgan fingerprint density at radius 3 is 2.69 bits per heavy atom. The lowest BCUT2D eigenvalue weighted by molar-refractivity contribution is -0.131. The number of benzene rings is 1. The second-order valence-corrected chi connectivity index (χ2v) is 7.40. The number of imide groups is 1. The van der Waals surface area contributed by atoms with Crippen LogP contribution in [-0.2, 0) is 22.3 Å². The van der Waals surface area contributed by atoms with Gasteiger partial charge in [0.2, 0.25) is 5.89 Å². The van der Waals surface area contributed by atoms with Gasteiger partial charge in [-0.2, -0.15) is 10.2 Å². The summed E-state index contributed by atoms with van der Waals surface area (Å²) in [4.78, 5) is 30.6. The first-order valence-electron chi connectivity index (χ1n) is 8.13. The number of amides is 3. The average Bonchev–Trinajstić information content (AvgIpc) is 3.15. The first kappa shape index (κ1) is 17.6. The summed E-state index contributed by atoms with van der Waals surface area (Å²) in [6, 6.07) is 8.09. The van der Waals surface area contributed by atoms with Crippen LogP contribution in [0.2, 0.25) is 0 Å². The van der Waals surface area contributed by atoms with Gasteiger partial charge < -0.3 is 9.84 Å². The van der Waals surface area contributed by atoms with Gasteiger partial charge in [-0.25, -0.2) is 4.79 Å². The summed E-state index contributed by atoms with van der Waals surface area (Å²) in [6.07, 6.45) is 0. The van der Waals surface area contributed by atoms with Crippen LogP contribution >= 0.6 is 0 Å². The highest BCUT2D eigenvalue weighted by Gasteiger charge is 2.49. The standard InChI is InChI=1S/C18H19N5O3/c1-17(2,3)14-20-13(26-22-14)10-23-15(24)18(4,21-16(23)25)12-7-5-6-11(8-12)9-19/h5-8H,10H2,1-4H3,(H,21,25). The first-order chi connectivity index (χ1) is 12.1. The SMILES string of the molecule is CC(C)(C)c1noc(CN2C(=O)NC(C)(c3cccc(C#N)c3)C2=O)n1. The van der Waals surface area contributed by atoms with Crippen molar-refractivity contribution in [2.45, 2.75) is 45.2 Å². The summed E-state index contributed by atoms with van der Waals surface area (Å²) in [5.41, 5.74) is -0.600. The van der Waals surface area contributed by atoms with Gasteiger partial charge in [0.05, 0.1) is 11.6 Å².